The summed E-state index contributed by atoms with van der Waals surface area (Å²) in [6, 6.07) is 23.0. The van der Waals surface area contributed by atoms with Gasteiger partial charge in [0.25, 0.3) is 5.91 Å². The zero-order valence-corrected chi connectivity index (χ0v) is 16.9. The molecule has 0 aliphatic rings. The van der Waals surface area contributed by atoms with Gasteiger partial charge >= 0.3 is 0 Å². The lowest BCUT2D eigenvalue weighted by atomic mass is 10.1. The van der Waals surface area contributed by atoms with Crippen molar-refractivity contribution in [1.29, 1.82) is 0 Å². The second kappa shape index (κ2) is 10.3. The SMILES string of the molecule is NC(=O)c1ccc(NC(=O)CSCc2ccc(C(=O)Nc3ccccc3)cc2)cc1. The molecule has 3 amide bonds. The van der Waals surface area contributed by atoms with Crippen LogP contribution in [0.15, 0.2) is 78.9 Å². The fourth-order valence-corrected chi connectivity index (χ4v) is 3.44. The van der Waals surface area contributed by atoms with Gasteiger partial charge in [-0.05, 0) is 54.1 Å². The fraction of sp³-hybridized carbons (Fsp3) is 0.0870. The molecule has 4 N–H and O–H groups in total. The number of anilines is 2. The Labute approximate surface area is 178 Å². The summed E-state index contributed by atoms with van der Waals surface area (Å²) in [6.45, 7) is 0. The average Bonchev–Trinajstić information content (AvgIpc) is 2.75. The lowest BCUT2D eigenvalue weighted by Crippen LogP contribution is -2.15. The molecule has 0 atom stereocenters. The largest absolute Gasteiger partial charge is 0.366 e. The maximum absolute atomic E-state index is 12.3. The molecule has 7 heteroatoms. The maximum Gasteiger partial charge on any atom is 0.255 e. The number of hydrogen-bond donors (Lipinski definition) is 3. The van der Waals surface area contributed by atoms with E-state index in [0.29, 0.717) is 22.6 Å². The summed E-state index contributed by atoms with van der Waals surface area (Å²) in [6.07, 6.45) is 0. The lowest BCUT2D eigenvalue weighted by molar-refractivity contribution is -0.113. The number of carbonyl (C=O) groups is 3. The monoisotopic (exact) mass is 419 g/mol. The Balaban J connectivity index is 1.44. The Bertz CT molecular complexity index is 1020. The predicted molar refractivity (Wildman–Crippen MR) is 121 cm³/mol. The number of thioether (sulfide) groups is 1. The predicted octanol–water partition coefficient (Wildman–Crippen LogP) is 3.91. The van der Waals surface area contributed by atoms with Gasteiger partial charge in [0.2, 0.25) is 11.8 Å². The molecule has 0 aromatic heterocycles. The molecule has 0 fully saturated rings. The number of benzene rings is 3. The highest BCUT2D eigenvalue weighted by Gasteiger charge is 2.07. The topological polar surface area (TPSA) is 101 Å². The van der Waals surface area contributed by atoms with Crippen LogP contribution in [-0.2, 0) is 10.5 Å². The molecular formula is C23H21N3O3S. The molecule has 6 nitrogen and oxygen atoms in total. The van der Waals surface area contributed by atoms with Gasteiger partial charge in [-0.3, -0.25) is 14.4 Å². The van der Waals surface area contributed by atoms with Gasteiger partial charge in [-0.25, -0.2) is 0 Å². The summed E-state index contributed by atoms with van der Waals surface area (Å²) < 4.78 is 0. The van der Waals surface area contributed by atoms with Crippen LogP contribution < -0.4 is 16.4 Å². The van der Waals surface area contributed by atoms with Crippen LogP contribution in [-0.4, -0.2) is 23.5 Å². The number of carbonyl (C=O) groups excluding carboxylic acids is 3. The van der Waals surface area contributed by atoms with Crippen LogP contribution >= 0.6 is 11.8 Å². The highest BCUT2D eigenvalue weighted by molar-refractivity contribution is 7.99. The van der Waals surface area contributed by atoms with Crippen LogP contribution in [0, 0.1) is 0 Å². The summed E-state index contributed by atoms with van der Waals surface area (Å²) in [7, 11) is 0. The van der Waals surface area contributed by atoms with E-state index in [-0.39, 0.29) is 17.6 Å². The Kier molecular flexibility index (Phi) is 7.24. The molecule has 0 radical (unpaired) electrons. The van der Waals surface area contributed by atoms with Gasteiger partial charge in [-0.15, -0.1) is 11.8 Å². The summed E-state index contributed by atoms with van der Waals surface area (Å²) >= 11 is 1.47. The zero-order valence-electron chi connectivity index (χ0n) is 16.1. The molecule has 0 aliphatic carbocycles. The standard InChI is InChI=1S/C23H21N3O3S/c24-22(28)17-10-12-20(13-11-17)25-21(27)15-30-14-16-6-8-18(9-7-16)23(29)26-19-4-2-1-3-5-19/h1-13H,14-15H2,(H2,24,28)(H,25,27)(H,26,29). The molecule has 0 saturated heterocycles. The van der Waals surface area contributed by atoms with E-state index in [1.54, 1.807) is 36.4 Å². The molecule has 0 unspecified atom stereocenters. The van der Waals surface area contributed by atoms with Crippen molar-refractivity contribution in [1.82, 2.24) is 0 Å². The fourth-order valence-electron chi connectivity index (χ4n) is 2.65. The third-order valence-corrected chi connectivity index (χ3v) is 5.21. The van der Waals surface area contributed by atoms with Crippen molar-refractivity contribution < 1.29 is 14.4 Å². The van der Waals surface area contributed by atoms with Crippen LogP contribution in [0.4, 0.5) is 11.4 Å². The summed E-state index contributed by atoms with van der Waals surface area (Å²) in [4.78, 5) is 35.4. The van der Waals surface area contributed by atoms with E-state index in [4.69, 9.17) is 5.73 Å². The van der Waals surface area contributed by atoms with Crippen LogP contribution in [0.3, 0.4) is 0 Å². The van der Waals surface area contributed by atoms with Gasteiger partial charge in [0.15, 0.2) is 0 Å². The number of amides is 3. The average molecular weight is 420 g/mol. The first-order valence-electron chi connectivity index (χ1n) is 9.24. The smallest absolute Gasteiger partial charge is 0.255 e. The van der Waals surface area contributed by atoms with Gasteiger partial charge in [0.1, 0.15) is 0 Å². The quantitative estimate of drug-likeness (QED) is 0.515. The van der Waals surface area contributed by atoms with Gasteiger partial charge < -0.3 is 16.4 Å². The van der Waals surface area contributed by atoms with E-state index in [1.807, 2.05) is 42.5 Å². The summed E-state index contributed by atoms with van der Waals surface area (Å²) in [5, 5.41) is 5.62. The summed E-state index contributed by atoms with van der Waals surface area (Å²) in [5.74, 6) is 0.127. The second-order valence-electron chi connectivity index (χ2n) is 6.50. The van der Waals surface area contributed by atoms with Crippen LogP contribution in [0.2, 0.25) is 0 Å². The van der Waals surface area contributed by atoms with E-state index in [0.717, 1.165) is 11.3 Å². The molecule has 0 spiro atoms. The molecule has 3 rings (SSSR count). The van der Waals surface area contributed by atoms with Crippen molar-refractivity contribution >= 4 is 40.9 Å². The summed E-state index contributed by atoms with van der Waals surface area (Å²) in [5.41, 5.74) is 8.54. The first-order valence-corrected chi connectivity index (χ1v) is 10.4. The minimum absolute atomic E-state index is 0.134. The molecule has 152 valence electrons. The maximum atomic E-state index is 12.3. The van der Waals surface area contributed by atoms with Crippen molar-refractivity contribution in [2.24, 2.45) is 5.73 Å². The van der Waals surface area contributed by atoms with Crippen molar-refractivity contribution in [2.45, 2.75) is 5.75 Å². The van der Waals surface area contributed by atoms with Crippen molar-refractivity contribution in [3.63, 3.8) is 0 Å². The highest BCUT2D eigenvalue weighted by Crippen LogP contribution is 2.16. The molecule has 0 heterocycles. The third kappa shape index (κ3) is 6.22. The number of hydrogen-bond acceptors (Lipinski definition) is 4. The van der Waals surface area contributed by atoms with Crippen molar-refractivity contribution in [3.05, 3.63) is 95.6 Å². The Morgan fingerprint density at radius 3 is 1.97 bits per heavy atom. The van der Waals surface area contributed by atoms with E-state index in [2.05, 4.69) is 10.6 Å². The van der Waals surface area contributed by atoms with Gasteiger partial charge in [-0.2, -0.15) is 0 Å². The van der Waals surface area contributed by atoms with Crippen LogP contribution in [0.5, 0.6) is 0 Å². The van der Waals surface area contributed by atoms with Crippen LogP contribution in [0.1, 0.15) is 26.3 Å². The zero-order chi connectivity index (χ0) is 21.3. The van der Waals surface area contributed by atoms with Crippen molar-refractivity contribution in [2.75, 3.05) is 16.4 Å². The number of para-hydroxylation sites is 1. The number of nitrogens with two attached hydrogens (primary N) is 1. The van der Waals surface area contributed by atoms with Gasteiger partial charge in [0.05, 0.1) is 5.75 Å². The molecule has 3 aromatic rings. The molecule has 0 aliphatic heterocycles. The van der Waals surface area contributed by atoms with Gasteiger partial charge in [-0.1, -0.05) is 30.3 Å². The normalized spacial score (nSPS) is 10.3. The van der Waals surface area contributed by atoms with E-state index in [1.165, 1.54) is 11.8 Å². The number of rotatable bonds is 8. The molecule has 30 heavy (non-hydrogen) atoms. The molecule has 0 saturated carbocycles. The third-order valence-electron chi connectivity index (χ3n) is 4.20. The minimum atomic E-state index is -0.507. The van der Waals surface area contributed by atoms with Crippen LogP contribution in [0.25, 0.3) is 0 Å². The minimum Gasteiger partial charge on any atom is -0.366 e. The number of primary amides is 1. The lowest BCUT2D eigenvalue weighted by Gasteiger charge is -2.07. The molecular weight excluding hydrogens is 398 g/mol. The first-order chi connectivity index (χ1) is 14.5. The van der Waals surface area contributed by atoms with Crippen molar-refractivity contribution in [3.8, 4) is 0 Å². The second-order valence-corrected chi connectivity index (χ2v) is 7.49. The van der Waals surface area contributed by atoms with Gasteiger partial charge in [0, 0.05) is 28.3 Å². The Morgan fingerprint density at radius 1 is 0.733 bits per heavy atom. The van der Waals surface area contributed by atoms with E-state index >= 15 is 0 Å². The Morgan fingerprint density at radius 2 is 1.33 bits per heavy atom. The molecule has 3 aromatic carbocycles. The number of nitrogens with one attached hydrogen (secondary N) is 2. The van der Waals surface area contributed by atoms with E-state index in [9.17, 15) is 14.4 Å². The van der Waals surface area contributed by atoms with E-state index < -0.39 is 5.91 Å². The molecule has 0 bridgehead atoms. The Hall–Kier alpha value is -3.58. The highest BCUT2D eigenvalue weighted by atomic mass is 32.2. The first kappa shape index (κ1) is 21.1.